The van der Waals surface area contributed by atoms with E-state index >= 15 is 0 Å². The third-order valence-electron chi connectivity index (χ3n) is 1.44. The molecule has 0 aliphatic heterocycles. The SMILES string of the molecule is Cc1ccc(Br)c(CON)c1. The van der Waals surface area contributed by atoms with Gasteiger partial charge in [0, 0.05) is 4.47 Å². The molecule has 0 heterocycles. The highest BCUT2D eigenvalue weighted by atomic mass is 79.9. The first-order valence-corrected chi connectivity index (χ1v) is 4.10. The zero-order valence-electron chi connectivity index (χ0n) is 6.30. The van der Waals surface area contributed by atoms with Crippen molar-refractivity contribution in [2.75, 3.05) is 0 Å². The van der Waals surface area contributed by atoms with Crippen LogP contribution in [0.15, 0.2) is 22.7 Å². The van der Waals surface area contributed by atoms with Gasteiger partial charge in [0.1, 0.15) is 0 Å². The van der Waals surface area contributed by atoms with Crippen molar-refractivity contribution >= 4 is 15.9 Å². The van der Waals surface area contributed by atoms with Gasteiger partial charge < -0.3 is 0 Å². The maximum Gasteiger partial charge on any atom is 0.0941 e. The molecule has 0 spiro atoms. The van der Waals surface area contributed by atoms with Gasteiger partial charge in [-0.3, -0.25) is 4.84 Å². The molecule has 1 rings (SSSR count). The normalized spacial score (nSPS) is 10.1. The number of nitrogens with two attached hydrogens (primary N) is 1. The number of aryl methyl sites for hydroxylation is 1. The van der Waals surface area contributed by atoms with E-state index in [9.17, 15) is 0 Å². The number of benzene rings is 1. The number of hydrogen-bond acceptors (Lipinski definition) is 2. The molecule has 2 nitrogen and oxygen atoms in total. The van der Waals surface area contributed by atoms with Crippen molar-refractivity contribution in [1.82, 2.24) is 0 Å². The van der Waals surface area contributed by atoms with Gasteiger partial charge in [0.05, 0.1) is 6.61 Å². The molecule has 0 saturated carbocycles. The van der Waals surface area contributed by atoms with Crippen molar-refractivity contribution in [2.45, 2.75) is 13.5 Å². The molecule has 0 unspecified atom stereocenters. The van der Waals surface area contributed by atoms with Gasteiger partial charge in [0.25, 0.3) is 0 Å². The highest BCUT2D eigenvalue weighted by Gasteiger charge is 1.98. The number of halogens is 1. The molecule has 60 valence electrons. The first kappa shape index (κ1) is 8.71. The predicted molar refractivity (Wildman–Crippen MR) is 47.9 cm³/mol. The van der Waals surface area contributed by atoms with E-state index in [0.29, 0.717) is 6.61 Å². The maximum absolute atomic E-state index is 4.96. The van der Waals surface area contributed by atoms with E-state index in [-0.39, 0.29) is 0 Å². The predicted octanol–water partition coefficient (Wildman–Crippen LogP) is 2.15. The maximum atomic E-state index is 4.96. The van der Waals surface area contributed by atoms with Crippen LogP contribution in [-0.2, 0) is 11.4 Å². The Morgan fingerprint density at radius 2 is 2.27 bits per heavy atom. The second-order valence-corrected chi connectivity index (χ2v) is 3.26. The topological polar surface area (TPSA) is 35.2 Å². The zero-order valence-corrected chi connectivity index (χ0v) is 7.89. The highest BCUT2D eigenvalue weighted by Crippen LogP contribution is 2.18. The van der Waals surface area contributed by atoms with Crippen LogP contribution in [-0.4, -0.2) is 0 Å². The van der Waals surface area contributed by atoms with Gasteiger partial charge in [0.2, 0.25) is 0 Å². The Balaban J connectivity index is 2.93. The summed E-state index contributed by atoms with van der Waals surface area (Å²) >= 11 is 3.40. The lowest BCUT2D eigenvalue weighted by Gasteiger charge is -2.02. The number of rotatable bonds is 2. The second-order valence-electron chi connectivity index (χ2n) is 2.41. The minimum atomic E-state index is 0.447. The summed E-state index contributed by atoms with van der Waals surface area (Å²) in [6, 6.07) is 6.06. The van der Waals surface area contributed by atoms with Gasteiger partial charge >= 0.3 is 0 Å². The van der Waals surface area contributed by atoms with E-state index in [0.717, 1.165) is 10.0 Å². The molecule has 0 radical (unpaired) electrons. The molecule has 0 bridgehead atoms. The Bertz CT molecular complexity index is 250. The lowest BCUT2D eigenvalue weighted by Crippen LogP contribution is -1.99. The van der Waals surface area contributed by atoms with Gasteiger partial charge in [-0.2, -0.15) is 0 Å². The summed E-state index contributed by atoms with van der Waals surface area (Å²) in [7, 11) is 0. The van der Waals surface area contributed by atoms with Gasteiger partial charge in [-0.15, -0.1) is 0 Å². The molecule has 0 fully saturated rings. The summed E-state index contributed by atoms with van der Waals surface area (Å²) in [5.74, 6) is 4.96. The fourth-order valence-electron chi connectivity index (χ4n) is 0.904. The van der Waals surface area contributed by atoms with Crippen LogP contribution in [0.3, 0.4) is 0 Å². The third kappa shape index (κ3) is 2.29. The summed E-state index contributed by atoms with van der Waals surface area (Å²) in [6.07, 6.45) is 0. The average Bonchev–Trinajstić information content (AvgIpc) is 1.98. The van der Waals surface area contributed by atoms with E-state index in [1.165, 1.54) is 5.56 Å². The Labute approximate surface area is 74.4 Å². The molecule has 0 saturated heterocycles. The Kier molecular flexibility index (Phi) is 3.05. The Morgan fingerprint density at radius 3 is 2.91 bits per heavy atom. The average molecular weight is 216 g/mol. The van der Waals surface area contributed by atoms with Crippen LogP contribution in [0.2, 0.25) is 0 Å². The van der Waals surface area contributed by atoms with Crippen molar-refractivity contribution in [3.63, 3.8) is 0 Å². The van der Waals surface area contributed by atoms with Crippen LogP contribution in [0.5, 0.6) is 0 Å². The second kappa shape index (κ2) is 3.85. The van der Waals surface area contributed by atoms with Crippen LogP contribution < -0.4 is 5.90 Å². The molecule has 0 atom stereocenters. The van der Waals surface area contributed by atoms with E-state index in [4.69, 9.17) is 5.90 Å². The van der Waals surface area contributed by atoms with Crippen molar-refractivity contribution in [3.05, 3.63) is 33.8 Å². The molecular weight excluding hydrogens is 206 g/mol. The van der Waals surface area contributed by atoms with Gasteiger partial charge in [-0.05, 0) is 18.6 Å². The van der Waals surface area contributed by atoms with Gasteiger partial charge in [0.15, 0.2) is 0 Å². The highest BCUT2D eigenvalue weighted by molar-refractivity contribution is 9.10. The van der Waals surface area contributed by atoms with E-state index < -0.39 is 0 Å². The van der Waals surface area contributed by atoms with Gasteiger partial charge in [-0.25, -0.2) is 5.90 Å². The standard InChI is InChI=1S/C8H10BrNO/c1-6-2-3-8(9)7(4-6)5-11-10/h2-4H,5,10H2,1H3. The largest absolute Gasteiger partial charge is 0.300 e. The molecule has 1 aromatic carbocycles. The molecular formula is C8H10BrNO. The van der Waals surface area contributed by atoms with Crippen LogP contribution in [0.4, 0.5) is 0 Å². The third-order valence-corrected chi connectivity index (χ3v) is 2.21. The summed E-state index contributed by atoms with van der Waals surface area (Å²) in [4.78, 5) is 4.53. The number of hydrogen-bond donors (Lipinski definition) is 1. The van der Waals surface area contributed by atoms with Crippen molar-refractivity contribution in [2.24, 2.45) is 5.90 Å². The van der Waals surface area contributed by atoms with Gasteiger partial charge in [-0.1, -0.05) is 33.6 Å². The molecule has 3 heteroatoms. The lowest BCUT2D eigenvalue weighted by atomic mass is 10.1. The zero-order chi connectivity index (χ0) is 8.27. The van der Waals surface area contributed by atoms with Crippen molar-refractivity contribution < 1.29 is 4.84 Å². The molecule has 0 aromatic heterocycles. The first-order valence-electron chi connectivity index (χ1n) is 3.30. The van der Waals surface area contributed by atoms with Crippen LogP contribution >= 0.6 is 15.9 Å². The molecule has 0 aliphatic rings. The van der Waals surface area contributed by atoms with Crippen LogP contribution in [0.1, 0.15) is 11.1 Å². The molecule has 0 amide bonds. The molecule has 11 heavy (non-hydrogen) atoms. The minimum absolute atomic E-state index is 0.447. The quantitative estimate of drug-likeness (QED) is 0.768. The fraction of sp³-hybridized carbons (Fsp3) is 0.250. The van der Waals surface area contributed by atoms with Crippen molar-refractivity contribution in [1.29, 1.82) is 0 Å². The summed E-state index contributed by atoms with van der Waals surface area (Å²) in [5.41, 5.74) is 2.28. The molecule has 0 aliphatic carbocycles. The smallest absolute Gasteiger partial charge is 0.0941 e. The van der Waals surface area contributed by atoms with Crippen LogP contribution in [0.25, 0.3) is 0 Å². The van der Waals surface area contributed by atoms with E-state index in [1.54, 1.807) is 0 Å². The van der Waals surface area contributed by atoms with E-state index in [2.05, 4.69) is 20.8 Å². The molecule has 2 N–H and O–H groups in total. The summed E-state index contributed by atoms with van der Waals surface area (Å²) < 4.78 is 1.04. The monoisotopic (exact) mass is 215 g/mol. The Hall–Kier alpha value is -0.380. The molecule has 1 aromatic rings. The fourth-order valence-corrected chi connectivity index (χ4v) is 1.27. The minimum Gasteiger partial charge on any atom is -0.300 e. The Morgan fingerprint density at radius 1 is 1.55 bits per heavy atom. The van der Waals surface area contributed by atoms with Crippen molar-refractivity contribution in [3.8, 4) is 0 Å². The first-order chi connectivity index (χ1) is 5.24. The summed E-state index contributed by atoms with van der Waals surface area (Å²) in [5, 5.41) is 0. The van der Waals surface area contributed by atoms with E-state index in [1.807, 2.05) is 25.1 Å². The summed E-state index contributed by atoms with van der Waals surface area (Å²) in [6.45, 7) is 2.48. The lowest BCUT2D eigenvalue weighted by molar-refractivity contribution is 0.123. The van der Waals surface area contributed by atoms with Crippen LogP contribution in [0, 0.1) is 6.92 Å².